The molecule has 0 fully saturated rings. The molecule has 1 heterocycles. The maximum Gasteiger partial charge on any atom is 0.337 e. The second-order valence-electron chi connectivity index (χ2n) is 4.09. The topological polar surface area (TPSA) is 84.2 Å². The standard InChI is InChI=1S/C13H12FN3O3/c14-9-1-2-11(10(7-9)13(19)20)16-12(18)3-5-17-6-4-15-8-17/h1-2,4,6-8H,3,5H2,(H,16,18)(H,19,20). The van der Waals surface area contributed by atoms with E-state index in [4.69, 9.17) is 5.11 Å². The van der Waals surface area contributed by atoms with Crippen LogP contribution in [0.3, 0.4) is 0 Å². The first-order chi connectivity index (χ1) is 9.56. The van der Waals surface area contributed by atoms with Crippen molar-refractivity contribution in [2.24, 2.45) is 0 Å². The molecule has 0 atom stereocenters. The third-order valence-electron chi connectivity index (χ3n) is 2.64. The van der Waals surface area contributed by atoms with Crippen LogP contribution in [0.1, 0.15) is 16.8 Å². The zero-order valence-corrected chi connectivity index (χ0v) is 10.4. The lowest BCUT2D eigenvalue weighted by molar-refractivity contribution is -0.116. The van der Waals surface area contributed by atoms with Crippen molar-refractivity contribution in [1.29, 1.82) is 0 Å². The third-order valence-corrected chi connectivity index (χ3v) is 2.64. The molecule has 0 radical (unpaired) electrons. The van der Waals surface area contributed by atoms with E-state index in [1.54, 1.807) is 23.3 Å². The van der Waals surface area contributed by atoms with Gasteiger partial charge >= 0.3 is 5.97 Å². The fourth-order valence-electron chi connectivity index (χ4n) is 1.66. The Labute approximate surface area is 113 Å². The summed E-state index contributed by atoms with van der Waals surface area (Å²) in [5.41, 5.74) is -0.199. The number of amides is 1. The van der Waals surface area contributed by atoms with Crippen LogP contribution in [-0.2, 0) is 11.3 Å². The molecule has 0 saturated heterocycles. The Morgan fingerprint density at radius 3 is 2.85 bits per heavy atom. The summed E-state index contributed by atoms with van der Waals surface area (Å²) >= 11 is 0. The maximum atomic E-state index is 13.0. The van der Waals surface area contributed by atoms with Crippen LogP contribution in [0.4, 0.5) is 10.1 Å². The van der Waals surface area contributed by atoms with Crippen LogP contribution < -0.4 is 5.32 Å². The van der Waals surface area contributed by atoms with Crippen molar-refractivity contribution in [1.82, 2.24) is 9.55 Å². The van der Waals surface area contributed by atoms with Crippen molar-refractivity contribution in [3.05, 3.63) is 48.3 Å². The minimum absolute atomic E-state index is 0.0783. The Morgan fingerprint density at radius 2 is 2.20 bits per heavy atom. The molecule has 0 aliphatic carbocycles. The van der Waals surface area contributed by atoms with E-state index in [9.17, 15) is 14.0 Å². The highest BCUT2D eigenvalue weighted by molar-refractivity contribution is 6.00. The molecular weight excluding hydrogens is 265 g/mol. The second kappa shape index (κ2) is 5.96. The van der Waals surface area contributed by atoms with Crippen LogP contribution in [0.2, 0.25) is 0 Å². The summed E-state index contributed by atoms with van der Waals surface area (Å²) in [6, 6.07) is 3.19. The highest BCUT2D eigenvalue weighted by Gasteiger charge is 2.13. The number of hydrogen-bond acceptors (Lipinski definition) is 3. The smallest absolute Gasteiger partial charge is 0.337 e. The molecule has 2 rings (SSSR count). The first-order valence-electron chi connectivity index (χ1n) is 5.84. The molecule has 6 nitrogen and oxygen atoms in total. The van der Waals surface area contributed by atoms with Gasteiger partial charge in [-0.15, -0.1) is 0 Å². The van der Waals surface area contributed by atoms with Gasteiger partial charge in [0, 0.05) is 25.4 Å². The van der Waals surface area contributed by atoms with Gasteiger partial charge in [0.25, 0.3) is 0 Å². The molecule has 1 aromatic carbocycles. The molecule has 2 N–H and O–H groups in total. The average Bonchev–Trinajstić information content (AvgIpc) is 2.91. The molecule has 0 spiro atoms. The number of aromatic carboxylic acids is 1. The van der Waals surface area contributed by atoms with Crippen LogP contribution in [0, 0.1) is 5.82 Å². The third kappa shape index (κ3) is 3.41. The molecule has 7 heteroatoms. The van der Waals surface area contributed by atoms with Gasteiger partial charge in [-0.1, -0.05) is 0 Å². The number of imidazole rings is 1. The first-order valence-corrected chi connectivity index (χ1v) is 5.84. The number of nitrogens with zero attached hydrogens (tertiary/aromatic N) is 2. The molecule has 0 bridgehead atoms. The Bertz CT molecular complexity index is 626. The number of carbonyl (C=O) groups excluding carboxylic acids is 1. The number of carbonyl (C=O) groups is 2. The lowest BCUT2D eigenvalue weighted by Crippen LogP contribution is -2.16. The van der Waals surface area contributed by atoms with Crippen LogP contribution in [0.25, 0.3) is 0 Å². The van der Waals surface area contributed by atoms with Gasteiger partial charge in [-0.2, -0.15) is 0 Å². The molecule has 0 aliphatic rings. The second-order valence-corrected chi connectivity index (χ2v) is 4.09. The Kier molecular flexibility index (Phi) is 4.09. The molecule has 20 heavy (non-hydrogen) atoms. The number of halogens is 1. The normalized spacial score (nSPS) is 10.2. The zero-order chi connectivity index (χ0) is 14.5. The lowest BCUT2D eigenvalue weighted by atomic mass is 10.1. The van der Waals surface area contributed by atoms with E-state index in [1.165, 1.54) is 6.07 Å². The maximum absolute atomic E-state index is 13.0. The number of aromatic nitrogens is 2. The number of hydrogen-bond donors (Lipinski definition) is 2. The van der Waals surface area contributed by atoms with Crippen molar-refractivity contribution >= 4 is 17.6 Å². The predicted molar refractivity (Wildman–Crippen MR) is 68.8 cm³/mol. The van der Waals surface area contributed by atoms with Crippen LogP contribution in [0.5, 0.6) is 0 Å². The van der Waals surface area contributed by atoms with E-state index in [0.29, 0.717) is 6.54 Å². The summed E-state index contributed by atoms with van der Waals surface area (Å²) in [4.78, 5) is 26.5. The van der Waals surface area contributed by atoms with Gasteiger partial charge in [-0.05, 0) is 18.2 Å². The molecule has 0 aliphatic heterocycles. The summed E-state index contributed by atoms with van der Waals surface area (Å²) in [5.74, 6) is -2.32. The van der Waals surface area contributed by atoms with Crippen molar-refractivity contribution in [2.45, 2.75) is 13.0 Å². The number of carboxylic acids is 1. The molecule has 1 aromatic heterocycles. The van der Waals surface area contributed by atoms with Gasteiger partial charge in [0.05, 0.1) is 17.6 Å². The minimum Gasteiger partial charge on any atom is -0.478 e. The fraction of sp³-hybridized carbons (Fsp3) is 0.154. The minimum atomic E-state index is -1.30. The van der Waals surface area contributed by atoms with Crippen LogP contribution in [-0.4, -0.2) is 26.5 Å². The molecule has 0 saturated carbocycles. The van der Waals surface area contributed by atoms with E-state index in [0.717, 1.165) is 12.1 Å². The Morgan fingerprint density at radius 1 is 1.40 bits per heavy atom. The first kappa shape index (κ1) is 13.7. The van der Waals surface area contributed by atoms with Gasteiger partial charge in [0.2, 0.25) is 5.91 Å². The summed E-state index contributed by atoms with van der Waals surface area (Å²) in [5, 5.41) is 11.4. The van der Waals surface area contributed by atoms with E-state index in [1.807, 2.05) is 0 Å². The van der Waals surface area contributed by atoms with E-state index < -0.39 is 11.8 Å². The summed E-state index contributed by atoms with van der Waals surface area (Å²) in [6.07, 6.45) is 5.05. The Hall–Kier alpha value is -2.70. The Balaban J connectivity index is 2.02. The van der Waals surface area contributed by atoms with Gasteiger partial charge in [-0.25, -0.2) is 14.2 Å². The summed E-state index contributed by atoms with van der Waals surface area (Å²) in [7, 11) is 0. The van der Waals surface area contributed by atoms with Crippen LogP contribution in [0.15, 0.2) is 36.9 Å². The fourth-order valence-corrected chi connectivity index (χ4v) is 1.66. The van der Waals surface area contributed by atoms with Gasteiger partial charge in [0.15, 0.2) is 0 Å². The molecular formula is C13H12FN3O3. The molecule has 0 unspecified atom stereocenters. The number of nitrogens with one attached hydrogen (secondary N) is 1. The van der Waals surface area contributed by atoms with Crippen molar-refractivity contribution in [3.63, 3.8) is 0 Å². The highest BCUT2D eigenvalue weighted by atomic mass is 19.1. The van der Waals surface area contributed by atoms with E-state index in [2.05, 4.69) is 10.3 Å². The highest BCUT2D eigenvalue weighted by Crippen LogP contribution is 2.17. The predicted octanol–water partition coefficient (Wildman–Crippen LogP) is 1.75. The van der Waals surface area contributed by atoms with E-state index >= 15 is 0 Å². The molecule has 2 aromatic rings. The summed E-state index contributed by atoms with van der Waals surface area (Å²) < 4.78 is 14.7. The molecule has 1 amide bonds. The SMILES string of the molecule is O=C(CCn1ccnc1)Nc1ccc(F)cc1C(=O)O. The zero-order valence-electron chi connectivity index (χ0n) is 10.4. The lowest BCUT2D eigenvalue weighted by Gasteiger charge is -2.08. The van der Waals surface area contributed by atoms with Crippen LogP contribution >= 0.6 is 0 Å². The monoisotopic (exact) mass is 277 g/mol. The van der Waals surface area contributed by atoms with Crippen molar-refractivity contribution in [3.8, 4) is 0 Å². The summed E-state index contributed by atoms with van der Waals surface area (Å²) in [6.45, 7) is 0.426. The van der Waals surface area contributed by atoms with Gasteiger partial charge in [0.1, 0.15) is 5.82 Å². The number of anilines is 1. The number of aryl methyl sites for hydroxylation is 1. The average molecular weight is 277 g/mol. The van der Waals surface area contributed by atoms with E-state index in [-0.39, 0.29) is 23.6 Å². The van der Waals surface area contributed by atoms with Gasteiger partial charge < -0.3 is 15.0 Å². The van der Waals surface area contributed by atoms with Gasteiger partial charge in [-0.3, -0.25) is 4.79 Å². The number of carboxylic acid groups (broad SMARTS) is 1. The number of benzene rings is 1. The molecule has 104 valence electrons. The van der Waals surface area contributed by atoms with Crippen molar-refractivity contribution < 1.29 is 19.1 Å². The quantitative estimate of drug-likeness (QED) is 0.872. The largest absolute Gasteiger partial charge is 0.478 e. The number of rotatable bonds is 5. The van der Waals surface area contributed by atoms with Crippen molar-refractivity contribution in [2.75, 3.05) is 5.32 Å².